The maximum Gasteiger partial charge on any atom is 0.283 e. The van der Waals surface area contributed by atoms with E-state index in [1.54, 1.807) is 30.3 Å². The van der Waals surface area contributed by atoms with Crippen molar-refractivity contribution in [2.45, 2.75) is 4.90 Å². The lowest BCUT2D eigenvalue weighted by Gasteiger charge is -2.07. The standard InChI is InChI=1S/C15H16N2O3S2/c18-15(17-13-7-3-1-4-8-13)21-12-11-16-22(19,20)14-9-5-2-6-10-14/h1-10,16H,11-12H2,(H,17,18). The van der Waals surface area contributed by atoms with Crippen LogP contribution in [0.25, 0.3) is 0 Å². The lowest BCUT2D eigenvalue weighted by molar-refractivity contribution is 0.270. The number of sulfonamides is 1. The number of para-hydroxylation sites is 1. The minimum atomic E-state index is -3.51. The van der Waals surface area contributed by atoms with Crippen LogP contribution < -0.4 is 10.0 Å². The van der Waals surface area contributed by atoms with Gasteiger partial charge < -0.3 is 5.32 Å². The van der Waals surface area contributed by atoms with Gasteiger partial charge in [0.1, 0.15) is 0 Å². The molecule has 0 radical (unpaired) electrons. The van der Waals surface area contributed by atoms with Crippen molar-refractivity contribution in [3.63, 3.8) is 0 Å². The first kappa shape index (κ1) is 16.5. The van der Waals surface area contributed by atoms with Gasteiger partial charge in [-0.05, 0) is 24.3 Å². The highest BCUT2D eigenvalue weighted by Crippen LogP contribution is 2.11. The van der Waals surface area contributed by atoms with Gasteiger partial charge in [-0.15, -0.1) is 0 Å². The number of carbonyl (C=O) groups excluding carboxylic acids is 1. The van der Waals surface area contributed by atoms with Crippen LogP contribution in [0.5, 0.6) is 0 Å². The van der Waals surface area contributed by atoms with Crippen LogP contribution in [0.4, 0.5) is 10.5 Å². The van der Waals surface area contributed by atoms with Crippen molar-refractivity contribution in [1.29, 1.82) is 0 Å². The minimum absolute atomic E-state index is 0.185. The molecule has 0 aliphatic carbocycles. The molecule has 2 N–H and O–H groups in total. The van der Waals surface area contributed by atoms with Gasteiger partial charge in [0.2, 0.25) is 10.0 Å². The highest BCUT2D eigenvalue weighted by atomic mass is 32.2. The van der Waals surface area contributed by atoms with E-state index in [0.29, 0.717) is 11.4 Å². The number of benzene rings is 2. The Bertz CT molecular complexity index is 704. The number of rotatable bonds is 6. The molecule has 2 aromatic carbocycles. The Balaban J connectivity index is 1.74. The van der Waals surface area contributed by atoms with Crippen molar-refractivity contribution in [3.05, 3.63) is 60.7 Å². The van der Waals surface area contributed by atoms with Crippen molar-refractivity contribution in [1.82, 2.24) is 4.72 Å². The fraction of sp³-hybridized carbons (Fsp3) is 0.133. The Kier molecular flexibility index (Phi) is 6.00. The van der Waals surface area contributed by atoms with E-state index in [2.05, 4.69) is 10.0 Å². The molecule has 0 saturated carbocycles. The zero-order valence-corrected chi connectivity index (χ0v) is 13.4. The second kappa shape index (κ2) is 7.98. The molecule has 0 bridgehead atoms. The zero-order chi connectivity index (χ0) is 15.8. The number of carbonyl (C=O) groups is 1. The molecular formula is C15H16N2O3S2. The Morgan fingerprint density at radius 3 is 2.18 bits per heavy atom. The van der Waals surface area contributed by atoms with E-state index in [0.717, 1.165) is 11.8 Å². The molecule has 7 heteroatoms. The van der Waals surface area contributed by atoms with E-state index < -0.39 is 10.0 Å². The molecule has 0 aliphatic rings. The Labute approximate surface area is 134 Å². The second-order valence-electron chi connectivity index (χ2n) is 4.34. The Morgan fingerprint density at radius 1 is 0.955 bits per heavy atom. The van der Waals surface area contributed by atoms with Gasteiger partial charge in [-0.3, -0.25) is 4.79 Å². The predicted molar refractivity (Wildman–Crippen MR) is 89.5 cm³/mol. The SMILES string of the molecule is O=C(Nc1ccccc1)SCCNS(=O)(=O)c1ccccc1. The molecule has 0 aromatic heterocycles. The van der Waals surface area contributed by atoms with Gasteiger partial charge in [0.25, 0.3) is 5.24 Å². The van der Waals surface area contributed by atoms with Crippen LogP contribution in [-0.4, -0.2) is 26.0 Å². The van der Waals surface area contributed by atoms with Gasteiger partial charge in [-0.25, -0.2) is 13.1 Å². The molecule has 0 heterocycles. The third-order valence-corrected chi connectivity index (χ3v) is 4.95. The monoisotopic (exact) mass is 336 g/mol. The number of amides is 1. The highest BCUT2D eigenvalue weighted by Gasteiger charge is 2.12. The summed E-state index contributed by atoms with van der Waals surface area (Å²) in [5.74, 6) is 0.352. The lowest BCUT2D eigenvalue weighted by atomic mass is 10.3. The van der Waals surface area contributed by atoms with Gasteiger partial charge in [-0.2, -0.15) is 0 Å². The summed E-state index contributed by atoms with van der Waals surface area (Å²) < 4.78 is 26.4. The van der Waals surface area contributed by atoms with E-state index in [-0.39, 0.29) is 16.7 Å². The highest BCUT2D eigenvalue weighted by molar-refractivity contribution is 8.13. The van der Waals surface area contributed by atoms with Crippen LogP contribution >= 0.6 is 11.8 Å². The van der Waals surface area contributed by atoms with Gasteiger partial charge in [-0.1, -0.05) is 48.2 Å². The first-order valence-corrected chi connectivity index (χ1v) is 9.08. The maximum absolute atomic E-state index is 11.9. The van der Waals surface area contributed by atoms with Crippen LogP contribution in [0.15, 0.2) is 65.6 Å². The molecule has 0 saturated heterocycles. The van der Waals surface area contributed by atoms with Crippen LogP contribution in [-0.2, 0) is 10.0 Å². The summed E-state index contributed by atoms with van der Waals surface area (Å²) in [6.07, 6.45) is 0. The van der Waals surface area contributed by atoms with E-state index in [1.165, 1.54) is 12.1 Å². The smallest absolute Gasteiger partial charge is 0.283 e. The molecule has 22 heavy (non-hydrogen) atoms. The molecule has 5 nitrogen and oxygen atoms in total. The maximum atomic E-state index is 11.9. The van der Waals surface area contributed by atoms with Crippen molar-refractivity contribution in [2.24, 2.45) is 0 Å². The number of anilines is 1. The second-order valence-corrected chi connectivity index (χ2v) is 7.17. The Morgan fingerprint density at radius 2 is 1.55 bits per heavy atom. The molecule has 0 aliphatic heterocycles. The average molecular weight is 336 g/mol. The molecule has 0 spiro atoms. The van der Waals surface area contributed by atoms with E-state index in [1.807, 2.05) is 18.2 Å². The molecule has 0 atom stereocenters. The van der Waals surface area contributed by atoms with Crippen molar-refractivity contribution < 1.29 is 13.2 Å². The lowest BCUT2D eigenvalue weighted by Crippen LogP contribution is -2.26. The summed E-state index contributed by atoms with van der Waals surface area (Å²) >= 11 is 1.03. The molecule has 2 aromatic rings. The molecule has 0 unspecified atom stereocenters. The summed E-state index contributed by atoms with van der Waals surface area (Å²) in [5.41, 5.74) is 0.713. The normalized spacial score (nSPS) is 11.1. The third-order valence-electron chi connectivity index (χ3n) is 2.70. The van der Waals surface area contributed by atoms with Crippen LogP contribution in [0.3, 0.4) is 0 Å². The fourth-order valence-corrected chi connectivity index (χ4v) is 3.44. The van der Waals surface area contributed by atoms with Crippen molar-refractivity contribution >= 4 is 32.7 Å². The average Bonchev–Trinajstić information content (AvgIpc) is 2.53. The topological polar surface area (TPSA) is 75.3 Å². The first-order valence-electron chi connectivity index (χ1n) is 6.61. The number of hydrogen-bond donors (Lipinski definition) is 2. The van der Waals surface area contributed by atoms with Crippen molar-refractivity contribution in [2.75, 3.05) is 17.6 Å². The van der Waals surface area contributed by atoms with Gasteiger partial charge in [0.15, 0.2) is 0 Å². The fourth-order valence-electron chi connectivity index (χ4n) is 1.68. The van der Waals surface area contributed by atoms with E-state index >= 15 is 0 Å². The van der Waals surface area contributed by atoms with Gasteiger partial charge in [0.05, 0.1) is 4.90 Å². The molecule has 2 rings (SSSR count). The predicted octanol–water partition coefficient (Wildman–Crippen LogP) is 2.93. The summed E-state index contributed by atoms with van der Waals surface area (Å²) in [4.78, 5) is 11.9. The van der Waals surface area contributed by atoms with Crippen molar-refractivity contribution in [3.8, 4) is 0 Å². The van der Waals surface area contributed by atoms with E-state index in [4.69, 9.17) is 0 Å². The molecular weight excluding hydrogens is 320 g/mol. The molecule has 1 amide bonds. The summed E-state index contributed by atoms with van der Waals surface area (Å²) in [6, 6.07) is 17.2. The first-order chi connectivity index (χ1) is 10.6. The third kappa shape index (κ3) is 5.18. The van der Waals surface area contributed by atoms with E-state index in [9.17, 15) is 13.2 Å². The Hall–Kier alpha value is -1.83. The van der Waals surface area contributed by atoms with Gasteiger partial charge in [0, 0.05) is 18.0 Å². The quantitative estimate of drug-likeness (QED) is 0.795. The summed E-state index contributed by atoms with van der Waals surface area (Å²) in [6.45, 7) is 0.185. The molecule has 116 valence electrons. The zero-order valence-electron chi connectivity index (χ0n) is 11.7. The van der Waals surface area contributed by atoms with Gasteiger partial charge >= 0.3 is 0 Å². The molecule has 0 fully saturated rings. The van der Waals surface area contributed by atoms with Crippen LogP contribution in [0.2, 0.25) is 0 Å². The number of hydrogen-bond acceptors (Lipinski definition) is 4. The minimum Gasteiger partial charge on any atom is -0.317 e. The number of thioether (sulfide) groups is 1. The van der Waals surface area contributed by atoms with Crippen LogP contribution in [0.1, 0.15) is 0 Å². The summed E-state index contributed by atoms with van der Waals surface area (Å²) in [5, 5.41) is 2.50. The number of nitrogens with one attached hydrogen (secondary N) is 2. The largest absolute Gasteiger partial charge is 0.317 e. The summed E-state index contributed by atoms with van der Waals surface area (Å²) in [7, 11) is -3.51. The van der Waals surface area contributed by atoms with Crippen LogP contribution in [0, 0.1) is 0 Å².